The summed E-state index contributed by atoms with van der Waals surface area (Å²) in [5.41, 5.74) is 1.96. The molecule has 3 N–H and O–H groups in total. The maximum Gasteiger partial charge on any atom is 0.307 e. The SMILES string of the molecule is O=C(O)Cc1ccc(CNCCCCO)cc1. The number of hydrogen-bond acceptors (Lipinski definition) is 3. The Hall–Kier alpha value is -1.39. The first-order valence-electron chi connectivity index (χ1n) is 5.83. The fraction of sp³-hybridized carbons (Fsp3) is 0.462. The summed E-state index contributed by atoms with van der Waals surface area (Å²) in [5, 5.41) is 20.5. The molecule has 4 nitrogen and oxygen atoms in total. The first kappa shape index (κ1) is 13.7. The third kappa shape index (κ3) is 6.04. The van der Waals surface area contributed by atoms with Gasteiger partial charge in [-0.15, -0.1) is 0 Å². The molecule has 0 unspecified atom stereocenters. The van der Waals surface area contributed by atoms with Crippen LogP contribution in [0.15, 0.2) is 24.3 Å². The first-order chi connectivity index (χ1) is 8.22. The largest absolute Gasteiger partial charge is 0.481 e. The normalized spacial score (nSPS) is 10.4. The summed E-state index contributed by atoms with van der Waals surface area (Å²) in [7, 11) is 0. The smallest absolute Gasteiger partial charge is 0.307 e. The molecular formula is C13H19NO3. The highest BCUT2D eigenvalue weighted by molar-refractivity contribution is 5.70. The van der Waals surface area contributed by atoms with Gasteiger partial charge in [0.25, 0.3) is 0 Å². The van der Waals surface area contributed by atoms with Crippen molar-refractivity contribution < 1.29 is 15.0 Å². The Labute approximate surface area is 101 Å². The van der Waals surface area contributed by atoms with E-state index < -0.39 is 5.97 Å². The van der Waals surface area contributed by atoms with Gasteiger partial charge in [0.05, 0.1) is 6.42 Å². The summed E-state index contributed by atoms with van der Waals surface area (Å²) >= 11 is 0. The van der Waals surface area contributed by atoms with E-state index >= 15 is 0 Å². The molecular weight excluding hydrogens is 218 g/mol. The zero-order valence-electron chi connectivity index (χ0n) is 9.85. The van der Waals surface area contributed by atoms with E-state index in [-0.39, 0.29) is 13.0 Å². The van der Waals surface area contributed by atoms with Gasteiger partial charge in [-0.25, -0.2) is 0 Å². The molecule has 0 heterocycles. The molecule has 0 aliphatic carbocycles. The van der Waals surface area contributed by atoms with Crippen molar-refractivity contribution in [2.75, 3.05) is 13.2 Å². The number of hydrogen-bond donors (Lipinski definition) is 3. The van der Waals surface area contributed by atoms with Crippen LogP contribution in [0, 0.1) is 0 Å². The molecule has 94 valence electrons. The predicted octanol–water partition coefficient (Wildman–Crippen LogP) is 1.18. The molecule has 0 saturated carbocycles. The van der Waals surface area contributed by atoms with Gasteiger partial charge >= 0.3 is 5.97 Å². The van der Waals surface area contributed by atoms with Crippen molar-refractivity contribution in [1.29, 1.82) is 0 Å². The molecule has 17 heavy (non-hydrogen) atoms. The highest BCUT2D eigenvalue weighted by Gasteiger charge is 2.00. The minimum absolute atomic E-state index is 0.0736. The van der Waals surface area contributed by atoms with Crippen LogP contribution in [0.5, 0.6) is 0 Å². The Morgan fingerprint density at radius 3 is 2.35 bits per heavy atom. The first-order valence-corrected chi connectivity index (χ1v) is 5.83. The van der Waals surface area contributed by atoms with Crippen molar-refractivity contribution in [3.8, 4) is 0 Å². The lowest BCUT2D eigenvalue weighted by atomic mass is 10.1. The van der Waals surface area contributed by atoms with Gasteiger partial charge in [0.1, 0.15) is 0 Å². The summed E-state index contributed by atoms with van der Waals surface area (Å²) in [6, 6.07) is 7.58. The Morgan fingerprint density at radius 1 is 1.12 bits per heavy atom. The van der Waals surface area contributed by atoms with Gasteiger partial charge in [-0.05, 0) is 30.5 Å². The maximum atomic E-state index is 10.5. The third-order valence-electron chi connectivity index (χ3n) is 2.47. The minimum atomic E-state index is -0.806. The number of aliphatic hydroxyl groups is 1. The molecule has 0 radical (unpaired) electrons. The average Bonchev–Trinajstić information content (AvgIpc) is 2.30. The van der Waals surface area contributed by atoms with Gasteiger partial charge in [-0.1, -0.05) is 24.3 Å². The lowest BCUT2D eigenvalue weighted by Gasteiger charge is -2.05. The molecule has 1 rings (SSSR count). The summed E-state index contributed by atoms with van der Waals surface area (Å²) in [6.07, 6.45) is 1.86. The molecule has 0 fully saturated rings. The maximum absolute atomic E-state index is 10.5. The lowest BCUT2D eigenvalue weighted by Crippen LogP contribution is -2.15. The lowest BCUT2D eigenvalue weighted by molar-refractivity contribution is -0.136. The second kappa shape index (κ2) is 7.81. The third-order valence-corrected chi connectivity index (χ3v) is 2.47. The van der Waals surface area contributed by atoms with Crippen LogP contribution >= 0.6 is 0 Å². The fourth-order valence-electron chi connectivity index (χ4n) is 1.54. The number of carbonyl (C=O) groups is 1. The minimum Gasteiger partial charge on any atom is -0.481 e. The van der Waals surface area contributed by atoms with Crippen LogP contribution in [-0.2, 0) is 17.8 Å². The molecule has 4 heteroatoms. The summed E-state index contributed by atoms with van der Waals surface area (Å²) in [5.74, 6) is -0.806. The van der Waals surface area contributed by atoms with Crippen molar-refractivity contribution in [1.82, 2.24) is 5.32 Å². The number of nitrogens with one attached hydrogen (secondary N) is 1. The average molecular weight is 237 g/mol. The van der Waals surface area contributed by atoms with E-state index in [4.69, 9.17) is 10.2 Å². The van der Waals surface area contributed by atoms with E-state index in [2.05, 4.69) is 5.32 Å². The summed E-state index contributed by atoms with van der Waals surface area (Å²) in [4.78, 5) is 10.5. The zero-order chi connectivity index (χ0) is 12.5. The van der Waals surface area contributed by atoms with E-state index in [1.54, 1.807) is 0 Å². The number of aliphatic carboxylic acids is 1. The van der Waals surface area contributed by atoms with Gasteiger partial charge in [-0.3, -0.25) is 4.79 Å². The standard InChI is InChI=1S/C13H19NO3/c15-8-2-1-7-14-10-12-5-3-11(4-6-12)9-13(16)17/h3-6,14-15H,1-2,7-10H2,(H,16,17). The Bertz CT molecular complexity index is 335. The molecule has 0 spiro atoms. The van der Waals surface area contributed by atoms with Crippen LogP contribution in [0.4, 0.5) is 0 Å². The van der Waals surface area contributed by atoms with Crippen molar-refractivity contribution in [2.45, 2.75) is 25.8 Å². The number of rotatable bonds is 8. The van der Waals surface area contributed by atoms with Crippen molar-refractivity contribution in [2.24, 2.45) is 0 Å². The van der Waals surface area contributed by atoms with Gasteiger partial charge in [0, 0.05) is 13.2 Å². The molecule has 0 aliphatic rings. The predicted molar refractivity (Wildman–Crippen MR) is 65.8 cm³/mol. The van der Waals surface area contributed by atoms with Gasteiger partial charge in [0.2, 0.25) is 0 Å². The molecule has 1 aromatic rings. The molecule has 0 saturated heterocycles. The number of aliphatic hydroxyl groups excluding tert-OH is 1. The van der Waals surface area contributed by atoms with Gasteiger partial charge in [0.15, 0.2) is 0 Å². The Kier molecular flexibility index (Phi) is 6.29. The topological polar surface area (TPSA) is 69.6 Å². The number of unbranched alkanes of at least 4 members (excludes halogenated alkanes) is 1. The van der Waals surface area contributed by atoms with E-state index in [0.717, 1.165) is 37.1 Å². The number of carboxylic acid groups (broad SMARTS) is 1. The number of carboxylic acids is 1. The van der Waals surface area contributed by atoms with Crippen LogP contribution in [0.2, 0.25) is 0 Å². The zero-order valence-corrected chi connectivity index (χ0v) is 9.85. The van der Waals surface area contributed by atoms with Gasteiger partial charge in [-0.2, -0.15) is 0 Å². The van der Waals surface area contributed by atoms with Crippen LogP contribution in [-0.4, -0.2) is 29.3 Å². The Morgan fingerprint density at radius 2 is 1.76 bits per heavy atom. The molecule has 0 atom stereocenters. The summed E-state index contributed by atoms with van der Waals surface area (Å²) < 4.78 is 0. The molecule has 0 bridgehead atoms. The molecule has 0 aromatic heterocycles. The second-order valence-electron chi connectivity index (χ2n) is 3.99. The second-order valence-corrected chi connectivity index (χ2v) is 3.99. The summed E-state index contributed by atoms with van der Waals surface area (Å²) in [6.45, 7) is 1.90. The van der Waals surface area contributed by atoms with Crippen LogP contribution in [0.1, 0.15) is 24.0 Å². The van der Waals surface area contributed by atoms with Gasteiger partial charge < -0.3 is 15.5 Å². The molecule has 0 aliphatic heterocycles. The fourth-order valence-corrected chi connectivity index (χ4v) is 1.54. The van der Waals surface area contributed by atoms with Crippen molar-refractivity contribution in [3.63, 3.8) is 0 Å². The van der Waals surface area contributed by atoms with E-state index in [0.29, 0.717) is 0 Å². The van der Waals surface area contributed by atoms with Crippen LogP contribution in [0.3, 0.4) is 0 Å². The monoisotopic (exact) mass is 237 g/mol. The number of benzene rings is 1. The van der Waals surface area contributed by atoms with Crippen LogP contribution < -0.4 is 5.32 Å². The highest BCUT2D eigenvalue weighted by Crippen LogP contribution is 2.05. The van der Waals surface area contributed by atoms with Crippen molar-refractivity contribution >= 4 is 5.97 Å². The quantitative estimate of drug-likeness (QED) is 0.594. The molecule has 0 amide bonds. The van der Waals surface area contributed by atoms with E-state index in [1.165, 1.54) is 0 Å². The molecule has 1 aromatic carbocycles. The Balaban J connectivity index is 2.28. The van der Waals surface area contributed by atoms with Crippen molar-refractivity contribution in [3.05, 3.63) is 35.4 Å². The highest BCUT2D eigenvalue weighted by atomic mass is 16.4. The van der Waals surface area contributed by atoms with E-state index in [1.807, 2.05) is 24.3 Å². The van der Waals surface area contributed by atoms with E-state index in [9.17, 15) is 4.79 Å². The van der Waals surface area contributed by atoms with Crippen LogP contribution in [0.25, 0.3) is 0 Å².